The van der Waals surface area contributed by atoms with Crippen molar-refractivity contribution in [1.82, 2.24) is 9.80 Å². The fourth-order valence-electron chi connectivity index (χ4n) is 2.39. The Kier molecular flexibility index (Phi) is 6.08. The molecule has 3 heteroatoms. The van der Waals surface area contributed by atoms with Gasteiger partial charge in [0, 0.05) is 45.9 Å². The molecule has 0 bridgehead atoms. The maximum absolute atomic E-state index is 8.83. The highest BCUT2D eigenvalue weighted by Gasteiger charge is 2.14. The summed E-state index contributed by atoms with van der Waals surface area (Å²) < 4.78 is 0. The molecular formula is C16H24N2O. The van der Waals surface area contributed by atoms with Crippen LogP contribution in [0.2, 0.25) is 0 Å². The Morgan fingerprint density at radius 2 is 1.68 bits per heavy atom. The highest BCUT2D eigenvalue weighted by molar-refractivity contribution is 5.48. The Morgan fingerprint density at radius 1 is 1.00 bits per heavy atom. The molecule has 0 saturated carbocycles. The van der Waals surface area contributed by atoms with Gasteiger partial charge >= 0.3 is 0 Å². The minimum atomic E-state index is 0.306. The van der Waals surface area contributed by atoms with E-state index in [1.807, 2.05) is 6.07 Å². The van der Waals surface area contributed by atoms with Crippen LogP contribution in [-0.4, -0.2) is 60.8 Å². The second kappa shape index (κ2) is 8.10. The van der Waals surface area contributed by atoms with Crippen molar-refractivity contribution in [2.75, 3.05) is 45.9 Å². The van der Waals surface area contributed by atoms with E-state index in [1.54, 1.807) is 0 Å². The van der Waals surface area contributed by atoms with Crippen molar-refractivity contribution >= 4 is 6.08 Å². The molecule has 1 aliphatic heterocycles. The first-order chi connectivity index (χ1) is 9.38. The number of piperazine rings is 1. The van der Waals surface area contributed by atoms with E-state index >= 15 is 0 Å². The number of nitrogens with zero attached hydrogens (tertiary/aromatic N) is 2. The van der Waals surface area contributed by atoms with Gasteiger partial charge in [0.15, 0.2) is 0 Å². The average Bonchev–Trinajstić information content (AvgIpc) is 2.47. The highest BCUT2D eigenvalue weighted by Crippen LogP contribution is 2.04. The molecular weight excluding hydrogens is 236 g/mol. The second-order valence-electron chi connectivity index (χ2n) is 5.03. The summed E-state index contributed by atoms with van der Waals surface area (Å²) in [5.41, 5.74) is 1.27. The zero-order valence-electron chi connectivity index (χ0n) is 11.5. The lowest BCUT2D eigenvalue weighted by Gasteiger charge is -2.33. The van der Waals surface area contributed by atoms with Gasteiger partial charge < -0.3 is 10.0 Å². The predicted octanol–water partition coefficient (Wildman–Crippen LogP) is 1.70. The summed E-state index contributed by atoms with van der Waals surface area (Å²) in [4.78, 5) is 4.92. The van der Waals surface area contributed by atoms with Crippen LogP contribution in [0.4, 0.5) is 0 Å². The van der Waals surface area contributed by atoms with Crippen LogP contribution in [0, 0.1) is 0 Å². The largest absolute Gasteiger partial charge is 0.396 e. The summed E-state index contributed by atoms with van der Waals surface area (Å²) in [5, 5.41) is 8.83. The summed E-state index contributed by atoms with van der Waals surface area (Å²) in [6, 6.07) is 10.4. The van der Waals surface area contributed by atoms with E-state index in [0.717, 1.165) is 45.7 Å². The van der Waals surface area contributed by atoms with Crippen LogP contribution in [0.25, 0.3) is 6.08 Å². The quantitative estimate of drug-likeness (QED) is 0.843. The smallest absolute Gasteiger partial charge is 0.0443 e. The lowest BCUT2D eigenvalue weighted by Crippen LogP contribution is -2.46. The molecule has 0 amide bonds. The van der Waals surface area contributed by atoms with Crippen molar-refractivity contribution in [3.63, 3.8) is 0 Å². The van der Waals surface area contributed by atoms with E-state index in [4.69, 9.17) is 5.11 Å². The number of aliphatic hydroxyl groups excluding tert-OH is 1. The first-order valence-electron chi connectivity index (χ1n) is 7.15. The van der Waals surface area contributed by atoms with E-state index in [-0.39, 0.29) is 0 Å². The molecule has 2 rings (SSSR count). The Labute approximate surface area is 116 Å². The van der Waals surface area contributed by atoms with Gasteiger partial charge in [0.1, 0.15) is 0 Å². The summed E-state index contributed by atoms with van der Waals surface area (Å²) in [6.07, 6.45) is 5.34. The summed E-state index contributed by atoms with van der Waals surface area (Å²) in [6.45, 7) is 6.88. The van der Waals surface area contributed by atoms with Crippen LogP contribution in [-0.2, 0) is 0 Å². The van der Waals surface area contributed by atoms with Crippen molar-refractivity contribution in [2.24, 2.45) is 0 Å². The maximum Gasteiger partial charge on any atom is 0.0443 e. The second-order valence-corrected chi connectivity index (χ2v) is 5.03. The van der Waals surface area contributed by atoms with Crippen molar-refractivity contribution in [3.05, 3.63) is 42.0 Å². The first kappa shape index (κ1) is 14.3. The molecule has 1 saturated heterocycles. The molecule has 1 N–H and O–H groups in total. The molecule has 1 fully saturated rings. The number of rotatable bonds is 6. The van der Waals surface area contributed by atoms with Gasteiger partial charge in [-0.05, 0) is 12.0 Å². The van der Waals surface area contributed by atoms with E-state index < -0.39 is 0 Å². The number of hydrogen-bond acceptors (Lipinski definition) is 3. The van der Waals surface area contributed by atoms with Gasteiger partial charge in [-0.2, -0.15) is 0 Å². The summed E-state index contributed by atoms with van der Waals surface area (Å²) in [7, 11) is 0. The van der Waals surface area contributed by atoms with Gasteiger partial charge in [0.05, 0.1) is 0 Å². The maximum atomic E-state index is 8.83. The van der Waals surface area contributed by atoms with Crippen molar-refractivity contribution in [1.29, 1.82) is 0 Å². The first-order valence-corrected chi connectivity index (χ1v) is 7.15. The van der Waals surface area contributed by atoms with E-state index in [1.165, 1.54) is 5.56 Å². The van der Waals surface area contributed by atoms with Gasteiger partial charge in [0.25, 0.3) is 0 Å². The topological polar surface area (TPSA) is 26.7 Å². The SMILES string of the molecule is OCCCN1CCN(CC=Cc2ccccc2)CC1. The molecule has 104 valence electrons. The Balaban J connectivity index is 1.67. The highest BCUT2D eigenvalue weighted by atomic mass is 16.3. The van der Waals surface area contributed by atoms with E-state index in [0.29, 0.717) is 6.61 Å². The lowest BCUT2D eigenvalue weighted by atomic mass is 10.2. The molecule has 1 heterocycles. The molecule has 3 nitrogen and oxygen atoms in total. The minimum Gasteiger partial charge on any atom is -0.396 e. The third-order valence-corrected chi connectivity index (χ3v) is 3.57. The zero-order chi connectivity index (χ0) is 13.3. The van der Waals surface area contributed by atoms with Crippen LogP contribution in [0.5, 0.6) is 0 Å². The fraction of sp³-hybridized carbons (Fsp3) is 0.500. The molecule has 0 unspecified atom stereocenters. The van der Waals surface area contributed by atoms with Crippen molar-refractivity contribution < 1.29 is 5.11 Å². The molecule has 0 atom stereocenters. The molecule has 0 aliphatic carbocycles. The van der Waals surface area contributed by atoms with Gasteiger partial charge in [-0.15, -0.1) is 0 Å². The van der Waals surface area contributed by atoms with Crippen LogP contribution in [0.1, 0.15) is 12.0 Å². The monoisotopic (exact) mass is 260 g/mol. The minimum absolute atomic E-state index is 0.306. The molecule has 0 radical (unpaired) electrons. The summed E-state index contributed by atoms with van der Waals surface area (Å²) in [5.74, 6) is 0. The third-order valence-electron chi connectivity index (χ3n) is 3.57. The van der Waals surface area contributed by atoms with Gasteiger partial charge in [-0.1, -0.05) is 42.5 Å². The van der Waals surface area contributed by atoms with Crippen molar-refractivity contribution in [2.45, 2.75) is 6.42 Å². The van der Waals surface area contributed by atoms with Gasteiger partial charge in [-0.3, -0.25) is 4.90 Å². The van der Waals surface area contributed by atoms with E-state index in [9.17, 15) is 0 Å². The molecule has 1 aromatic carbocycles. The molecule has 0 spiro atoms. The van der Waals surface area contributed by atoms with Crippen LogP contribution < -0.4 is 0 Å². The lowest BCUT2D eigenvalue weighted by molar-refractivity contribution is 0.133. The summed E-state index contributed by atoms with van der Waals surface area (Å²) >= 11 is 0. The number of aliphatic hydroxyl groups is 1. The van der Waals surface area contributed by atoms with Gasteiger partial charge in [-0.25, -0.2) is 0 Å². The average molecular weight is 260 g/mol. The standard InChI is InChI=1S/C16H24N2O/c19-15-5-10-18-13-11-17(12-14-18)9-4-8-16-6-2-1-3-7-16/h1-4,6-8,19H,5,9-15H2. The predicted molar refractivity (Wildman–Crippen MR) is 80.1 cm³/mol. The van der Waals surface area contributed by atoms with Gasteiger partial charge in [0.2, 0.25) is 0 Å². The Bertz CT molecular complexity index is 370. The molecule has 19 heavy (non-hydrogen) atoms. The van der Waals surface area contributed by atoms with Crippen molar-refractivity contribution in [3.8, 4) is 0 Å². The van der Waals surface area contributed by atoms with Crippen LogP contribution in [0.15, 0.2) is 36.4 Å². The normalized spacial score (nSPS) is 18.2. The Hall–Kier alpha value is -1.16. The van der Waals surface area contributed by atoms with Crippen LogP contribution >= 0.6 is 0 Å². The molecule has 1 aromatic rings. The zero-order valence-corrected chi connectivity index (χ0v) is 11.5. The molecule has 0 aromatic heterocycles. The van der Waals surface area contributed by atoms with E-state index in [2.05, 4.69) is 46.2 Å². The third kappa shape index (κ3) is 5.15. The number of benzene rings is 1. The molecule has 1 aliphatic rings. The fourth-order valence-corrected chi connectivity index (χ4v) is 2.39. The number of hydrogen-bond donors (Lipinski definition) is 1. The Morgan fingerprint density at radius 3 is 2.37 bits per heavy atom. The van der Waals surface area contributed by atoms with Crippen LogP contribution in [0.3, 0.4) is 0 Å².